The zero-order valence-electron chi connectivity index (χ0n) is 30.8. The first-order chi connectivity index (χ1) is 24.5. The lowest BCUT2D eigenvalue weighted by atomic mass is 9.83. The van der Waals surface area contributed by atoms with Gasteiger partial charge in [-0.1, -0.05) is 24.3 Å². The van der Waals surface area contributed by atoms with Crippen molar-refractivity contribution in [2.75, 3.05) is 19.8 Å². The molecule has 2 aromatic carbocycles. The first kappa shape index (κ1) is 37.0. The predicted molar refractivity (Wildman–Crippen MR) is 189 cm³/mol. The van der Waals surface area contributed by atoms with Gasteiger partial charge in [-0.15, -0.1) is 0 Å². The zero-order chi connectivity index (χ0) is 37.5. The molecule has 2 aromatic rings. The Morgan fingerprint density at radius 1 is 0.692 bits per heavy atom. The van der Waals surface area contributed by atoms with Crippen LogP contribution in [0, 0.1) is 5.92 Å². The van der Waals surface area contributed by atoms with Gasteiger partial charge in [-0.3, -0.25) is 19.4 Å². The second-order valence-corrected chi connectivity index (χ2v) is 16.2. The highest BCUT2D eigenvalue weighted by molar-refractivity contribution is 6.00. The number of hydrogen-bond acceptors (Lipinski definition) is 10. The highest BCUT2D eigenvalue weighted by Crippen LogP contribution is 2.43. The lowest BCUT2D eigenvalue weighted by molar-refractivity contribution is -0.150. The van der Waals surface area contributed by atoms with Crippen LogP contribution in [0.3, 0.4) is 0 Å². The van der Waals surface area contributed by atoms with Gasteiger partial charge >= 0.3 is 24.1 Å². The molecule has 4 aliphatic rings. The molecule has 3 fully saturated rings. The van der Waals surface area contributed by atoms with Crippen molar-refractivity contribution < 1.29 is 47.7 Å². The van der Waals surface area contributed by atoms with E-state index in [9.17, 15) is 28.8 Å². The third-order valence-electron chi connectivity index (χ3n) is 10.1. The van der Waals surface area contributed by atoms with Crippen molar-refractivity contribution in [3.8, 4) is 11.1 Å². The van der Waals surface area contributed by atoms with E-state index in [0.717, 1.165) is 41.5 Å². The molecular formula is C40H48N2O10. The summed E-state index contributed by atoms with van der Waals surface area (Å²) in [5.41, 5.74) is 3.26. The molecule has 2 amide bonds. The molecule has 12 heteroatoms. The average molecular weight is 717 g/mol. The van der Waals surface area contributed by atoms with Gasteiger partial charge in [-0.2, -0.15) is 0 Å². The fourth-order valence-corrected chi connectivity index (χ4v) is 7.78. The lowest BCUT2D eigenvalue weighted by Crippen LogP contribution is -2.51. The number of carbonyl (C=O) groups excluding carboxylic acids is 6. The molecule has 2 aliphatic heterocycles. The maximum Gasteiger partial charge on any atom is 0.411 e. The van der Waals surface area contributed by atoms with E-state index in [-0.39, 0.29) is 23.5 Å². The van der Waals surface area contributed by atoms with Crippen LogP contribution in [0.1, 0.15) is 105 Å². The van der Waals surface area contributed by atoms with Gasteiger partial charge < -0.3 is 18.9 Å². The molecule has 4 unspecified atom stereocenters. The predicted octanol–water partition coefficient (Wildman–Crippen LogP) is 6.09. The summed E-state index contributed by atoms with van der Waals surface area (Å²) >= 11 is 0. The number of piperidine rings is 1. The lowest BCUT2D eigenvalue weighted by Gasteiger charge is -2.35. The Morgan fingerprint density at radius 2 is 1.23 bits per heavy atom. The highest BCUT2D eigenvalue weighted by atomic mass is 16.6. The van der Waals surface area contributed by atoms with Gasteiger partial charge in [-0.25, -0.2) is 19.2 Å². The van der Waals surface area contributed by atoms with Crippen molar-refractivity contribution in [3.05, 3.63) is 58.7 Å². The van der Waals surface area contributed by atoms with E-state index < -0.39 is 60.6 Å². The minimum Gasteiger partial charge on any atom is -0.456 e. The molecule has 0 radical (unpaired) electrons. The molecule has 6 rings (SSSR count). The molecule has 0 aromatic heterocycles. The van der Waals surface area contributed by atoms with Crippen LogP contribution in [0.15, 0.2) is 36.4 Å². The van der Waals surface area contributed by atoms with Gasteiger partial charge in [0.25, 0.3) is 0 Å². The number of nitrogens with zero attached hydrogens (tertiary/aromatic N) is 2. The molecule has 0 N–H and O–H groups in total. The maximum atomic E-state index is 13.2. The molecule has 2 aliphatic carbocycles. The Labute approximate surface area is 304 Å². The van der Waals surface area contributed by atoms with Crippen molar-refractivity contribution >= 4 is 35.7 Å². The van der Waals surface area contributed by atoms with Crippen molar-refractivity contribution in [2.24, 2.45) is 5.92 Å². The van der Waals surface area contributed by atoms with E-state index in [1.807, 2.05) is 24.3 Å². The van der Waals surface area contributed by atoms with Crippen LogP contribution < -0.4 is 0 Å². The topological polar surface area (TPSA) is 146 Å². The second-order valence-electron chi connectivity index (χ2n) is 16.2. The second kappa shape index (κ2) is 14.4. The molecule has 52 heavy (non-hydrogen) atoms. The van der Waals surface area contributed by atoms with E-state index in [1.54, 1.807) is 53.7 Å². The number of aryl methyl sites for hydroxylation is 2. The molecule has 278 valence electrons. The van der Waals surface area contributed by atoms with E-state index in [2.05, 4.69) is 0 Å². The van der Waals surface area contributed by atoms with Crippen LogP contribution >= 0.6 is 0 Å². The summed E-state index contributed by atoms with van der Waals surface area (Å²) < 4.78 is 21.9. The normalized spacial score (nSPS) is 22.0. The number of amides is 2. The van der Waals surface area contributed by atoms with Crippen molar-refractivity contribution in [1.29, 1.82) is 0 Å². The SMILES string of the molecule is CC(C)(C)OC(=O)N1CCCC1C(=O)OCC(=O)c1ccc2c(c1)CCc1cc(C(=O)COC(=O)C3C4CCC(C4)N3C(=O)OC(C)(C)C)ccc1-2. The number of benzene rings is 2. The van der Waals surface area contributed by atoms with Gasteiger partial charge in [0, 0.05) is 23.7 Å². The minimum atomic E-state index is -0.789. The number of fused-ring (bicyclic) bond motifs is 5. The molecule has 2 heterocycles. The average Bonchev–Trinajstić information content (AvgIpc) is 3.84. The molecule has 1 saturated carbocycles. The number of hydrogen-bond donors (Lipinski definition) is 0. The van der Waals surface area contributed by atoms with Crippen LogP contribution in [0.5, 0.6) is 0 Å². The highest BCUT2D eigenvalue weighted by Gasteiger charge is 2.53. The summed E-state index contributed by atoms with van der Waals surface area (Å²) in [5, 5.41) is 0. The Morgan fingerprint density at radius 3 is 1.79 bits per heavy atom. The Kier molecular flexibility index (Phi) is 10.2. The van der Waals surface area contributed by atoms with Crippen molar-refractivity contribution in [2.45, 2.75) is 116 Å². The fraction of sp³-hybridized carbons (Fsp3) is 0.550. The molecule has 12 nitrogen and oxygen atoms in total. The van der Waals surface area contributed by atoms with E-state index in [1.165, 1.54) is 9.80 Å². The van der Waals surface area contributed by atoms with Crippen LogP contribution in [0.2, 0.25) is 0 Å². The van der Waals surface area contributed by atoms with Crippen LogP contribution in [0.25, 0.3) is 11.1 Å². The fourth-order valence-electron chi connectivity index (χ4n) is 7.78. The molecule has 2 bridgehead atoms. The molecule has 2 saturated heterocycles. The van der Waals surface area contributed by atoms with Crippen LogP contribution in [-0.2, 0) is 41.4 Å². The first-order valence-electron chi connectivity index (χ1n) is 18.2. The number of ketones is 2. The van der Waals surface area contributed by atoms with Gasteiger partial charge in [0.2, 0.25) is 0 Å². The van der Waals surface area contributed by atoms with Gasteiger partial charge in [0.1, 0.15) is 23.3 Å². The van der Waals surface area contributed by atoms with E-state index in [4.69, 9.17) is 18.9 Å². The van der Waals surface area contributed by atoms with Gasteiger partial charge in [0.15, 0.2) is 24.8 Å². The number of rotatable bonds is 8. The summed E-state index contributed by atoms with van der Waals surface area (Å²) in [7, 11) is 0. The standard InChI is InChI=1S/C40H48N2O10/c1-39(2,3)51-37(47)41-17-7-8-31(41)35(45)49-21-32(43)25-12-15-29-23(18-25)9-10-24-19-26(13-16-30(24)29)33(44)22-50-36(46)34-27-11-14-28(20-27)42(34)38(48)52-40(4,5)6/h12-13,15-16,18-19,27-28,31,34H,7-11,14,17,20-22H2,1-6H3. The third kappa shape index (κ3) is 8.00. The van der Waals surface area contributed by atoms with Crippen LogP contribution in [-0.4, -0.2) is 94.6 Å². The summed E-state index contributed by atoms with van der Waals surface area (Å²) in [6, 6.07) is 9.15. The zero-order valence-corrected chi connectivity index (χ0v) is 30.8. The number of carbonyl (C=O) groups is 6. The Hall–Kier alpha value is -4.74. The monoisotopic (exact) mass is 716 g/mol. The number of Topliss-reactive ketones (excluding diaryl/α,β-unsaturated/α-hetero) is 2. The van der Waals surface area contributed by atoms with Gasteiger partial charge in [0.05, 0.1) is 0 Å². The quantitative estimate of drug-likeness (QED) is 0.179. The number of likely N-dealkylation sites (tertiary alicyclic amines) is 2. The summed E-state index contributed by atoms with van der Waals surface area (Å²) in [6.07, 6.45) is 3.60. The third-order valence-corrected chi connectivity index (χ3v) is 10.1. The molecule has 4 atom stereocenters. The van der Waals surface area contributed by atoms with Crippen molar-refractivity contribution in [3.63, 3.8) is 0 Å². The first-order valence-corrected chi connectivity index (χ1v) is 18.2. The maximum absolute atomic E-state index is 13.2. The Bertz CT molecular complexity index is 1790. The summed E-state index contributed by atoms with van der Waals surface area (Å²) in [5.74, 6) is -1.91. The van der Waals surface area contributed by atoms with Crippen LogP contribution in [0.4, 0.5) is 9.59 Å². The molecule has 0 spiro atoms. The van der Waals surface area contributed by atoms with E-state index in [0.29, 0.717) is 43.4 Å². The van der Waals surface area contributed by atoms with Crippen molar-refractivity contribution in [1.82, 2.24) is 9.80 Å². The minimum absolute atomic E-state index is 0.0107. The Balaban J connectivity index is 1.04. The van der Waals surface area contributed by atoms with E-state index >= 15 is 0 Å². The summed E-state index contributed by atoms with van der Waals surface area (Å²) in [4.78, 5) is 80.7. The largest absolute Gasteiger partial charge is 0.456 e. The summed E-state index contributed by atoms with van der Waals surface area (Å²) in [6.45, 7) is 10.1. The smallest absolute Gasteiger partial charge is 0.411 e. The number of esters is 2. The van der Waals surface area contributed by atoms with Gasteiger partial charge in [-0.05, 0) is 127 Å². The number of ether oxygens (including phenoxy) is 4. The molecular weight excluding hydrogens is 668 g/mol.